The number of benzene rings is 1. The van der Waals surface area contributed by atoms with Gasteiger partial charge in [-0.1, -0.05) is 43.7 Å². The fraction of sp³-hybridized carbons (Fsp3) is 0.500. The first kappa shape index (κ1) is 12.8. The molecule has 0 amide bonds. The summed E-state index contributed by atoms with van der Waals surface area (Å²) >= 11 is 0. The predicted octanol–water partition coefficient (Wildman–Crippen LogP) is 3.51. The minimum Gasteiger partial charge on any atom is -0.481 e. The van der Waals surface area contributed by atoms with E-state index in [0.717, 1.165) is 25.7 Å². The van der Waals surface area contributed by atoms with Crippen molar-refractivity contribution >= 4 is 5.97 Å². The number of hydrogen-bond donors (Lipinski definition) is 1. The summed E-state index contributed by atoms with van der Waals surface area (Å²) in [6, 6.07) is 10.4. The van der Waals surface area contributed by atoms with Crippen molar-refractivity contribution in [2.24, 2.45) is 5.92 Å². The Morgan fingerprint density at radius 3 is 2.56 bits per heavy atom. The van der Waals surface area contributed by atoms with Crippen LogP contribution in [0.3, 0.4) is 0 Å². The van der Waals surface area contributed by atoms with Crippen LogP contribution >= 0.6 is 0 Å². The first-order valence-corrected chi connectivity index (χ1v) is 5.94. The lowest BCUT2D eigenvalue weighted by Gasteiger charge is -2.10. The Morgan fingerprint density at radius 1 is 1.25 bits per heavy atom. The van der Waals surface area contributed by atoms with Crippen LogP contribution in [0.15, 0.2) is 30.3 Å². The lowest BCUT2D eigenvalue weighted by molar-refractivity contribution is -0.137. The van der Waals surface area contributed by atoms with Crippen molar-refractivity contribution in [2.45, 2.75) is 39.0 Å². The molecule has 0 spiro atoms. The van der Waals surface area contributed by atoms with Gasteiger partial charge in [0.25, 0.3) is 0 Å². The highest BCUT2D eigenvalue weighted by Crippen LogP contribution is 2.15. The van der Waals surface area contributed by atoms with Crippen LogP contribution in [-0.4, -0.2) is 11.1 Å². The van der Waals surface area contributed by atoms with Crippen molar-refractivity contribution in [3.8, 4) is 0 Å². The Balaban J connectivity index is 2.15. The molecule has 0 fully saturated rings. The summed E-state index contributed by atoms with van der Waals surface area (Å²) in [4.78, 5) is 10.4. The van der Waals surface area contributed by atoms with Crippen molar-refractivity contribution in [1.29, 1.82) is 0 Å². The molecule has 0 radical (unpaired) electrons. The van der Waals surface area contributed by atoms with Crippen molar-refractivity contribution < 1.29 is 9.90 Å². The van der Waals surface area contributed by atoms with E-state index in [1.165, 1.54) is 5.56 Å². The van der Waals surface area contributed by atoms with Crippen LogP contribution in [0.4, 0.5) is 0 Å². The molecule has 0 saturated carbocycles. The summed E-state index contributed by atoms with van der Waals surface area (Å²) in [7, 11) is 0. The third kappa shape index (κ3) is 5.54. The van der Waals surface area contributed by atoms with Crippen LogP contribution in [0, 0.1) is 5.92 Å². The van der Waals surface area contributed by atoms with E-state index < -0.39 is 5.97 Å². The van der Waals surface area contributed by atoms with Gasteiger partial charge in [-0.3, -0.25) is 4.79 Å². The van der Waals surface area contributed by atoms with Crippen molar-refractivity contribution in [2.75, 3.05) is 0 Å². The van der Waals surface area contributed by atoms with E-state index in [4.69, 9.17) is 5.11 Å². The zero-order chi connectivity index (χ0) is 11.8. The molecule has 16 heavy (non-hydrogen) atoms. The number of aryl methyl sites for hydroxylation is 1. The molecule has 88 valence electrons. The molecule has 2 heteroatoms. The molecule has 2 nitrogen and oxygen atoms in total. The zero-order valence-corrected chi connectivity index (χ0v) is 9.86. The van der Waals surface area contributed by atoms with E-state index >= 15 is 0 Å². The molecule has 0 heterocycles. The van der Waals surface area contributed by atoms with Gasteiger partial charge in [0.15, 0.2) is 0 Å². The molecule has 0 aromatic heterocycles. The summed E-state index contributed by atoms with van der Waals surface area (Å²) < 4.78 is 0. The van der Waals surface area contributed by atoms with Gasteiger partial charge in [0, 0.05) is 6.42 Å². The second kappa shape index (κ2) is 7.04. The average Bonchev–Trinajstić information content (AvgIpc) is 2.27. The second-order valence-corrected chi connectivity index (χ2v) is 4.42. The zero-order valence-electron chi connectivity index (χ0n) is 9.86. The number of carboxylic acid groups (broad SMARTS) is 1. The molecular weight excluding hydrogens is 200 g/mol. The molecule has 1 rings (SSSR count). The van der Waals surface area contributed by atoms with Crippen LogP contribution in [0.2, 0.25) is 0 Å². The normalized spacial score (nSPS) is 12.3. The smallest absolute Gasteiger partial charge is 0.303 e. The maximum absolute atomic E-state index is 10.4. The van der Waals surface area contributed by atoms with Crippen LogP contribution in [0.25, 0.3) is 0 Å². The topological polar surface area (TPSA) is 37.3 Å². The van der Waals surface area contributed by atoms with Crippen LogP contribution in [0.1, 0.15) is 38.2 Å². The fourth-order valence-corrected chi connectivity index (χ4v) is 1.80. The molecule has 0 aliphatic heterocycles. The Kier molecular flexibility index (Phi) is 5.62. The lowest BCUT2D eigenvalue weighted by atomic mass is 9.96. The van der Waals surface area contributed by atoms with Crippen molar-refractivity contribution in [3.63, 3.8) is 0 Å². The third-order valence-corrected chi connectivity index (χ3v) is 2.86. The number of rotatable bonds is 7. The van der Waals surface area contributed by atoms with Crippen LogP contribution in [-0.2, 0) is 11.2 Å². The molecule has 0 bridgehead atoms. The Bertz CT molecular complexity index is 306. The van der Waals surface area contributed by atoms with Gasteiger partial charge in [-0.25, -0.2) is 0 Å². The Labute approximate surface area is 97.3 Å². The molecule has 0 unspecified atom stereocenters. The monoisotopic (exact) mass is 220 g/mol. The van der Waals surface area contributed by atoms with Gasteiger partial charge < -0.3 is 5.11 Å². The van der Waals surface area contributed by atoms with Gasteiger partial charge in [-0.2, -0.15) is 0 Å². The van der Waals surface area contributed by atoms with Crippen molar-refractivity contribution in [3.05, 3.63) is 35.9 Å². The maximum atomic E-state index is 10.4. The summed E-state index contributed by atoms with van der Waals surface area (Å²) in [6.07, 6.45) is 4.35. The molecule has 0 saturated heterocycles. The van der Waals surface area contributed by atoms with Gasteiger partial charge in [0.05, 0.1) is 0 Å². The molecular formula is C14H20O2. The maximum Gasteiger partial charge on any atom is 0.303 e. The average molecular weight is 220 g/mol. The van der Waals surface area contributed by atoms with Gasteiger partial charge in [0.1, 0.15) is 0 Å². The van der Waals surface area contributed by atoms with E-state index in [1.807, 2.05) is 6.07 Å². The van der Waals surface area contributed by atoms with E-state index in [1.54, 1.807) is 0 Å². The number of aliphatic carboxylic acids is 1. The summed E-state index contributed by atoms with van der Waals surface area (Å²) in [5.41, 5.74) is 1.37. The van der Waals surface area contributed by atoms with Crippen molar-refractivity contribution in [1.82, 2.24) is 0 Å². The molecule has 0 aliphatic rings. The molecule has 0 aliphatic carbocycles. The number of carboxylic acids is 1. The molecule has 1 atom stereocenters. The second-order valence-electron chi connectivity index (χ2n) is 4.42. The minimum absolute atomic E-state index is 0.301. The quantitative estimate of drug-likeness (QED) is 0.763. The number of carbonyl (C=O) groups is 1. The molecule has 1 aromatic rings. The number of hydrogen-bond acceptors (Lipinski definition) is 1. The predicted molar refractivity (Wildman–Crippen MR) is 65.4 cm³/mol. The summed E-state index contributed by atoms with van der Waals surface area (Å²) in [5, 5.41) is 8.53. The lowest BCUT2D eigenvalue weighted by Crippen LogP contribution is -2.00. The van der Waals surface area contributed by atoms with Gasteiger partial charge in [-0.15, -0.1) is 0 Å². The summed E-state index contributed by atoms with van der Waals surface area (Å²) in [6.45, 7) is 2.20. The third-order valence-electron chi connectivity index (χ3n) is 2.86. The standard InChI is InChI=1S/C14H20O2/c1-12(6-5-9-14(15)16)10-11-13-7-3-2-4-8-13/h2-4,7-8,12H,5-6,9-11H2,1H3,(H,15,16)/t12-/m1/s1. The molecule has 1 aromatic carbocycles. The van der Waals surface area contributed by atoms with Gasteiger partial charge in [-0.05, 0) is 30.7 Å². The van der Waals surface area contributed by atoms with Crippen LogP contribution < -0.4 is 0 Å². The highest BCUT2D eigenvalue weighted by Gasteiger charge is 2.04. The highest BCUT2D eigenvalue weighted by atomic mass is 16.4. The first-order valence-electron chi connectivity index (χ1n) is 5.94. The molecule has 1 N–H and O–H groups in total. The largest absolute Gasteiger partial charge is 0.481 e. The minimum atomic E-state index is -0.685. The van der Waals surface area contributed by atoms with Crippen LogP contribution in [0.5, 0.6) is 0 Å². The first-order chi connectivity index (χ1) is 7.68. The highest BCUT2D eigenvalue weighted by molar-refractivity contribution is 5.66. The van der Waals surface area contributed by atoms with Gasteiger partial charge in [0.2, 0.25) is 0 Å². The van der Waals surface area contributed by atoms with Gasteiger partial charge >= 0.3 is 5.97 Å². The Morgan fingerprint density at radius 2 is 1.94 bits per heavy atom. The SMILES string of the molecule is C[C@H](CCCC(=O)O)CCc1ccccc1. The Hall–Kier alpha value is -1.31. The fourth-order valence-electron chi connectivity index (χ4n) is 1.80. The van der Waals surface area contributed by atoms with E-state index in [9.17, 15) is 4.79 Å². The van der Waals surface area contributed by atoms with E-state index in [-0.39, 0.29) is 0 Å². The van der Waals surface area contributed by atoms with E-state index in [0.29, 0.717) is 12.3 Å². The van der Waals surface area contributed by atoms with E-state index in [2.05, 4.69) is 31.2 Å². The summed E-state index contributed by atoms with van der Waals surface area (Å²) in [5.74, 6) is -0.0742.